The van der Waals surface area contributed by atoms with Gasteiger partial charge in [-0.2, -0.15) is 0 Å². The van der Waals surface area contributed by atoms with E-state index in [1.54, 1.807) is 11.0 Å². The zero-order valence-electron chi connectivity index (χ0n) is 13.8. The van der Waals surface area contributed by atoms with Gasteiger partial charge < -0.3 is 15.4 Å². The maximum atomic E-state index is 13.6. The lowest BCUT2D eigenvalue weighted by atomic mass is 9.93. The number of hydrogen-bond acceptors (Lipinski definition) is 3. The highest BCUT2D eigenvalue weighted by molar-refractivity contribution is 9.10. The summed E-state index contributed by atoms with van der Waals surface area (Å²) in [6, 6.07) is 4.84. The summed E-state index contributed by atoms with van der Waals surface area (Å²) in [4.78, 5) is 13.8. The summed E-state index contributed by atoms with van der Waals surface area (Å²) in [6.45, 7) is 6.80. The number of benzene rings is 1. The molecule has 2 unspecified atom stereocenters. The predicted molar refractivity (Wildman–Crippen MR) is 91.7 cm³/mol. The molecule has 1 aromatic rings. The van der Waals surface area contributed by atoms with Crippen molar-refractivity contribution < 1.29 is 13.9 Å². The summed E-state index contributed by atoms with van der Waals surface area (Å²) in [5, 5.41) is 0. The normalized spacial score (nSPS) is 19.7. The molecular weight excluding hydrogens is 363 g/mol. The van der Waals surface area contributed by atoms with Crippen LogP contribution >= 0.6 is 15.9 Å². The highest BCUT2D eigenvalue weighted by Gasteiger charge is 2.32. The molecule has 0 aromatic heterocycles. The summed E-state index contributed by atoms with van der Waals surface area (Å²) in [6.07, 6.45) is 1.12. The quantitative estimate of drug-likeness (QED) is 0.860. The SMILES string of the molecule is CC(C)(C)OC(=O)N1CCC(C(N)Cc2cccc(F)c2Br)C1. The second-order valence-corrected chi connectivity index (χ2v) is 7.85. The van der Waals surface area contributed by atoms with Crippen molar-refractivity contribution in [3.05, 3.63) is 34.1 Å². The molecule has 0 spiro atoms. The Morgan fingerprint density at radius 3 is 2.87 bits per heavy atom. The van der Waals surface area contributed by atoms with Gasteiger partial charge in [-0.3, -0.25) is 0 Å². The molecule has 1 aliphatic heterocycles. The molecule has 0 radical (unpaired) electrons. The van der Waals surface area contributed by atoms with E-state index in [1.807, 2.05) is 26.8 Å². The van der Waals surface area contributed by atoms with Gasteiger partial charge >= 0.3 is 6.09 Å². The molecule has 1 aliphatic rings. The third kappa shape index (κ3) is 4.91. The summed E-state index contributed by atoms with van der Waals surface area (Å²) < 4.78 is 19.4. The van der Waals surface area contributed by atoms with E-state index in [0.29, 0.717) is 24.0 Å². The van der Waals surface area contributed by atoms with Crippen LogP contribution in [0.3, 0.4) is 0 Å². The fourth-order valence-corrected chi connectivity index (χ4v) is 3.18. The van der Waals surface area contributed by atoms with Gasteiger partial charge in [0.05, 0.1) is 4.47 Å². The van der Waals surface area contributed by atoms with Gasteiger partial charge in [-0.25, -0.2) is 9.18 Å². The molecule has 128 valence electrons. The van der Waals surface area contributed by atoms with E-state index in [2.05, 4.69) is 15.9 Å². The zero-order valence-corrected chi connectivity index (χ0v) is 15.4. The fourth-order valence-electron chi connectivity index (χ4n) is 2.76. The maximum Gasteiger partial charge on any atom is 0.410 e. The number of nitrogens with two attached hydrogens (primary N) is 1. The topological polar surface area (TPSA) is 55.6 Å². The van der Waals surface area contributed by atoms with Gasteiger partial charge in [0.2, 0.25) is 0 Å². The van der Waals surface area contributed by atoms with Crippen LogP contribution in [0.5, 0.6) is 0 Å². The van der Waals surface area contributed by atoms with Crippen LogP contribution in [0.15, 0.2) is 22.7 Å². The van der Waals surface area contributed by atoms with Gasteiger partial charge in [0.1, 0.15) is 11.4 Å². The first kappa shape index (κ1) is 18.2. The van der Waals surface area contributed by atoms with Gasteiger partial charge in [0.15, 0.2) is 0 Å². The molecule has 1 saturated heterocycles. The van der Waals surface area contributed by atoms with Gasteiger partial charge in [-0.05, 0) is 67.1 Å². The average Bonchev–Trinajstić information content (AvgIpc) is 2.92. The molecule has 6 heteroatoms. The van der Waals surface area contributed by atoms with Crippen LogP contribution in [0.25, 0.3) is 0 Å². The molecule has 0 bridgehead atoms. The second-order valence-electron chi connectivity index (χ2n) is 7.06. The van der Waals surface area contributed by atoms with E-state index >= 15 is 0 Å². The highest BCUT2D eigenvalue weighted by atomic mass is 79.9. The van der Waals surface area contributed by atoms with Crippen molar-refractivity contribution in [3.63, 3.8) is 0 Å². The molecule has 0 aliphatic carbocycles. The van der Waals surface area contributed by atoms with Gasteiger partial charge in [-0.15, -0.1) is 0 Å². The molecule has 2 atom stereocenters. The molecule has 2 N–H and O–H groups in total. The van der Waals surface area contributed by atoms with Crippen molar-refractivity contribution in [1.29, 1.82) is 0 Å². The average molecular weight is 387 g/mol. The summed E-state index contributed by atoms with van der Waals surface area (Å²) >= 11 is 3.27. The van der Waals surface area contributed by atoms with Crippen molar-refractivity contribution in [2.24, 2.45) is 11.7 Å². The van der Waals surface area contributed by atoms with E-state index in [0.717, 1.165) is 12.0 Å². The number of carbonyl (C=O) groups is 1. The Balaban J connectivity index is 1.93. The maximum absolute atomic E-state index is 13.6. The van der Waals surface area contributed by atoms with Crippen LogP contribution in [-0.4, -0.2) is 35.7 Å². The lowest BCUT2D eigenvalue weighted by Crippen LogP contribution is -2.38. The molecule has 1 aromatic carbocycles. The van der Waals surface area contributed by atoms with Crippen molar-refractivity contribution in [3.8, 4) is 0 Å². The summed E-state index contributed by atoms with van der Waals surface area (Å²) in [5.41, 5.74) is 6.66. The highest BCUT2D eigenvalue weighted by Crippen LogP contribution is 2.26. The van der Waals surface area contributed by atoms with Gasteiger partial charge in [0.25, 0.3) is 0 Å². The second kappa shape index (κ2) is 7.18. The monoisotopic (exact) mass is 386 g/mol. The van der Waals surface area contributed by atoms with Gasteiger partial charge in [0, 0.05) is 19.1 Å². The summed E-state index contributed by atoms with van der Waals surface area (Å²) in [7, 11) is 0. The van der Waals surface area contributed by atoms with Crippen LogP contribution in [0, 0.1) is 11.7 Å². The van der Waals surface area contributed by atoms with Crippen molar-refractivity contribution in [1.82, 2.24) is 4.90 Å². The van der Waals surface area contributed by atoms with Crippen molar-refractivity contribution in [2.75, 3.05) is 13.1 Å². The van der Waals surface area contributed by atoms with Gasteiger partial charge in [-0.1, -0.05) is 12.1 Å². The number of nitrogens with zero attached hydrogens (tertiary/aromatic N) is 1. The van der Waals surface area contributed by atoms with E-state index in [9.17, 15) is 9.18 Å². The van der Waals surface area contributed by atoms with E-state index in [1.165, 1.54) is 6.07 Å². The van der Waals surface area contributed by atoms with Crippen LogP contribution in [0.4, 0.5) is 9.18 Å². The Labute approximate surface area is 145 Å². The molecule has 4 nitrogen and oxygen atoms in total. The molecule has 23 heavy (non-hydrogen) atoms. The number of halogens is 2. The minimum atomic E-state index is -0.496. The number of amides is 1. The van der Waals surface area contributed by atoms with Crippen molar-refractivity contribution >= 4 is 22.0 Å². The van der Waals surface area contributed by atoms with Crippen molar-refractivity contribution in [2.45, 2.75) is 45.3 Å². The number of rotatable bonds is 3. The Morgan fingerprint density at radius 2 is 2.22 bits per heavy atom. The number of ether oxygens (including phenoxy) is 1. The Hall–Kier alpha value is -1.14. The first-order chi connectivity index (χ1) is 10.7. The van der Waals surface area contributed by atoms with E-state index < -0.39 is 5.60 Å². The van der Waals surface area contributed by atoms with Crippen LogP contribution < -0.4 is 5.73 Å². The lowest BCUT2D eigenvalue weighted by molar-refractivity contribution is 0.0286. The molecule has 1 heterocycles. The van der Waals surface area contributed by atoms with Crippen LogP contribution in [0.2, 0.25) is 0 Å². The molecule has 1 amide bonds. The smallest absolute Gasteiger partial charge is 0.410 e. The first-order valence-corrected chi connectivity index (χ1v) is 8.63. The predicted octanol–water partition coefficient (Wildman–Crippen LogP) is 3.72. The number of hydrogen-bond donors (Lipinski definition) is 1. The summed E-state index contributed by atoms with van der Waals surface area (Å²) in [5.74, 6) is -0.0887. The lowest BCUT2D eigenvalue weighted by Gasteiger charge is -2.25. The minimum Gasteiger partial charge on any atom is -0.444 e. The van der Waals surface area contributed by atoms with E-state index in [4.69, 9.17) is 10.5 Å². The fraction of sp³-hybridized carbons (Fsp3) is 0.588. The first-order valence-electron chi connectivity index (χ1n) is 7.84. The third-order valence-electron chi connectivity index (χ3n) is 3.97. The Kier molecular flexibility index (Phi) is 5.68. The molecular formula is C17H24BrFN2O2. The van der Waals surface area contributed by atoms with E-state index in [-0.39, 0.29) is 23.9 Å². The largest absolute Gasteiger partial charge is 0.444 e. The van der Waals surface area contributed by atoms with Crippen LogP contribution in [-0.2, 0) is 11.2 Å². The Bertz CT molecular complexity index is 574. The minimum absolute atomic E-state index is 0.125. The number of likely N-dealkylation sites (tertiary alicyclic amines) is 1. The standard InChI is InChI=1S/C17H24BrFN2O2/c1-17(2,3)23-16(22)21-8-7-12(10-21)14(20)9-11-5-4-6-13(19)15(11)18/h4-6,12,14H,7-10,20H2,1-3H3. The molecule has 1 fully saturated rings. The Morgan fingerprint density at radius 1 is 1.52 bits per heavy atom. The third-order valence-corrected chi connectivity index (χ3v) is 4.86. The number of carbonyl (C=O) groups excluding carboxylic acids is 1. The zero-order chi connectivity index (χ0) is 17.2. The molecule has 2 rings (SSSR count). The van der Waals surface area contributed by atoms with Crippen LogP contribution in [0.1, 0.15) is 32.8 Å². The molecule has 0 saturated carbocycles.